The highest BCUT2D eigenvalue weighted by Gasteiger charge is 2.61. The minimum Gasteiger partial charge on any atom is -0.444 e. The summed E-state index contributed by atoms with van der Waals surface area (Å²) < 4.78 is 7.79. The van der Waals surface area contributed by atoms with Crippen LogP contribution in [0.2, 0.25) is 0 Å². The SMILES string of the molecule is CC(C)(C)OC(=O)N1CCC(c2nc3ccccc3n2CCC(=O)NC2C[C@H]3CC[C@]2(C)C3(C)C)C1. The van der Waals surface area contributed by atoms with Crippen molar-refractivity contribution in [3.8, 4) is 0 Å². The predicted octanol–water partition coefficient (Wildman–Crippen LogP) is 5.48. The molecule has 2 amide bonds. The Morgan fingerprint density at radius 3 is 2.58 bits per heavy atom. The minimum absolute atomic E-state index is 0.120. The fraction of sp³-hybridized carbons (Fsp3) is 0.690. The Kier molecular flexibility index (Phi) is 6.12. The fourth-order valence-corrected chi connectivity index (χ4v) is 7.01. The number of imidazole rings is 1. The number of aryl methyl sites for hydroxylation is 1. The van der Waals surface area contributed by atoms with Crippen LogP contribution in [0.4, 0.5) is 4.79 Å². The Labute approximate surface area is 215 Å². The Hall–Kier alpha value is -2.57. The van der Waals surface area contributed by atoms with Gasteiger partial charge in [-0.3, -0.25) is 4.79 Å². The lowest BCUT2D eigenvalue weighted by Gasteiger charge is -2.39. The van der Waals surface area contributed by atoms with Gasteiger partial charge in [-0.2, -0.15) is 0 Å². The van der Waals surface area contributed by atoms with Gasteiger partial charge in [-0.25, -0.2) is 9.78 Å². The number of hydrogen-bond donors (Lipinski definition) is 1. The summed E-state index contributed by atoms with van der Waals surface area (Å²) in [5.41, 5.74) is 1.92. The standard InChI is InChI=1S/C29H42N4O3/c1-27(2,3)36-26(35)32-15-12-19(18-32)25-30-21-9-7-8-10-22(21)33(25)16-13-24(34)31-23-17-20-11-14-29(23,6)28(20,4)5/h7-10,19-20,23H,11-18H2,1-6H3,(H,31,34)/t19?,20-,23?,29+/m1/s1. The van der Waals surface area contributed by atoms with Gasteiger partial charge in [0.1, 0.15) is 11.4 Å². The highest BCUT2D eigenvalue weighted by Crippen LogP contribution is 2.65. The number of amides is 2. The van der Waals surface area contributed by atoms with Gasteiger partial charge < -0.3 is 19.5 Å². The molecule has 2 aromatic rings. The van der Waals surface area contributed by atoms with Gasteiger partial charge in [0, 0.05) is 38.0 Å². The molecule has 2 bridgehead atoms. The zero-order chi connectivity index (χ0) is 25.9. The molecule has 2 aliphatic carbocycles. The van der Waals surface area contributed by atoms with Crippen molar-refractivity contribution in [3.05, 3.63) is 30.1 Å². The molecule has 2 heterocycles. The van der Waals surface area contributed by atoms with Crippen LogP contribution in [-0.2, 0) is 16.1 Å². The number of likely N-dealkylation sites (tertiary alicyclic amines) is 1. The Morgan fingerprint density at radius 2 is 1.92 bits per heavy atom. The molecule has 0 radical (unpaired) electrons. The van der Waals surface area contributed by atoms with E-state index in [1.165, 1.54) is 12.8 Å². The molecule has 5 rings (SSSR count). The molecule has 0 spiro atoms. The quantitative estimate of drug-likeness (QED) is 0.597. The zero-order valence-electron chi connectivity index (χ0n) is 22.8. The van der Waals surface area contributed by atoms with Crippen molar-refractivity contribution in [1.82, 2.24) is 19.8 Å². The molecular weight excluding hydrogens is 452 g/mol. The van der Waals surface area contributed by atoms with Crippen molar-refractivity contribution in [3.63, 3.8) is 0 Å². The van der Waals surface area contributed by atoms with E-state index in [1.54, 1.807) is 4.90 Å². The molecule has 36 heavy (non-hydrogen) atoms. The first-order valence-corrected chi connectivity index (χ1v) is 13.6. The van der Waals surface area contributed by atoms with Gasteiger partial charge in [-0.1, -0.05) is 32.9 Å². The van der Waals surface area contributed by atoms with E-state index in [1.807, 2.05) is 39.0 Å². The highest BCUT2D eigenvalue weighted by atomic mass is 16.6. The van der Waals surface area contributed by atoms with Gasteiger partial charge in [0.25, 0.3) is 0 Å². The first kappa shape index (κ1) is 25.1. The summed E-state index contributed by atoms with van der Waals surface area (Å²) in [6, 6.07) is 8.37. The molecular formula is C29H42N4O3. The molecule has 2 saturated carbocycles. The molecule has 3 fully saturated rings. The summed E-state index contributed by atoms with van der Waals surface area (Å²) in [4.78, 5) is 32.5. The summed E-state index contributed by atoms with van der Waals surface area (Å²) in [6.45, 7) is 14.6. The number of para-hydroxylation sites is 2. The third-order valence-corrected chi connectivity index (χ3v) is 9.58. The van der Waals surface area contributed by atoms with E-state index < -0.39 is 5.60 Å². The van der Waals surface area contributed by atoms with Crippen molar-refractivity contribution in [2.75, 3.05) is 13.1 Å². The number of aromatic nitrogens is 2. The third-order valence-electron chi connectivity index (χ3n) is 9.58. The van der Waals surface area contributed by atoms with Crippen LogP contribution in [0.5, 0.6) is 0 Å². The maximum atomic E-state index is 13.2. The predicted molar refractivity (Wildman–Crippen MR) is 141 cm³/mol. The molecule has 1 aliphatic heterocycles. The first-order valence-electron chi connectivity index (χ1n) is 13.6. The number of fused-ring (bicyclic) bond motifs is 3. The second-order valence-corrected chi connectivity index (χ2v) is 13.0. The van der Waals surface area contributed by atoms with Crippen molar-refractivity contribution >= 4 is 23.0 Å². The molecule has 2 unspecified atom stereocenters. The van der Waals surface area contributed by atoms with Crippen molar-refractivity contribution < 1.29 is 14.3 Å². The van der Waals surface area contributed by atoms with E-state index in [0.29, 0.717) is 32.0 Å². The Bertz CT molecular complexity index is 1160. The second kappa shape index (κ2) is 8.77. The Balaban J connectivity index is 1.29. The normalized spacial score (nSPS) is 29.2. The second-order valence-electron chi connectivity index (χ2n) is 13.0. The molecule has 1 aromatic carbocycles. The van der Waals surface area contributed by atoms with E-state index in [0.717, 1.165) is 29.7 Å². The van der Waals surface area contributed by atoms with E-state index in [-0.39, 0.29) is 34.8 Å². The van der Waals surface area contributed by atoms with Crippen LogP contribution in [0.1, 0.15) is 85.4 Å². The van der Waals surface area contributed by atoms with Crippen LogP contribution in [0.15, 0.2) is 24.3 Å². The lowest BCUT2D eigenvalue weighted by Crippen LogP contribution is -2.47. The van der Waals surface area contributed by atoms with Crippen LogP contribution in [-0.4, -0.2) is 51.2 Å². The van der Waals surface area contributed by atoms with Crippen molar-refractivity contribution in [2.24, 2.45) is 16.7 Å². The number of benzene rings is 1. The molecule has 1 aromatic heterocycles. The average molecular weight is 495 g/mol. The number of rotatable bonds is 5. The van der Waals surface area contributed by atoms with Gasteiger partial charge in [0.15, 0.2) is 0 Å². The van der Waals surface area contributed by atoms with Crippen LogP contribution >= 0.6 is 0 Å². The van der Waals surface area contributed by atoms with Gasteiger partial charge in [-0.05, 0) is 75.3 Å². The van der Waals surface area contributed by atoms with Gasteiger partial charge in [0.2, 0.25) is 5.91 Å². The maximum absolute atomic E-state index is 13.2. The first-order chi connectivity index (χ1) is 16.9. The topological polar surface area (TPSA) is 76.5 Å². The van der Waals surface area contributed by atoms with Crippen LogP contribution in [0.25, 0.3) is 11.0 Å². The van der Waals surface area contributed by atoms with E-state index >= 15 is 0 Å². The van der Waals surface area contributed by atoms with Crippen molar-refractivity contribution in [1.29, 1.82) is 0 Å². The summed E-state index contributed by atoms with van der Waals surface area (Å²) in [7, 11) is 0. The highest BCUT2D eigenvalue weighted by molar-refractivity contribution is 5.78. The molecule has 196 valence electrons. The maximum Gasteiger partial charge on any atom is 0.410 e. The van der Waals surface area contributed by atoms with Gasteiger partial charge in [-0.15, -0.1) is 0 Å². The van der Waals surface area contributed by atoms with Crippen LogP contribution in [0.3, 0.4) is 0 Å². The monoisotopic (exact) mass is 494 g/mol. The van der Waals surface area contributed by atoms with E-state index in [4.69, 9.17) is 9.72 Å². The number of hydrogen-bond acceptors (Lipinski definition) is 4. The summed E-state index contributed by atoms with van der Waals surface area (Å²) in [5.74, 6) is 1.91. The van der Waals surface area contributed by atoms with E-state index in [2.05, 4.69) is 36.7 Å². The Morgan fingerprint density at radius 1 is 1.17 bits per heavy atom. The third kappa shape index (κ3) is 4.28. The largest absolute Gasteiger partial charge is 0.444 e. The zero-order valence-corrected chi connectivity index (χ0v) is 22.8. The van der Waals surface area contributed by atoms with E-state index in [9.17, 15) is 9.59 Å². The van der Waals surface area contributed by atoms with Crippen LogP contribution in [0, 0.1) is 16.7 Å². The number of carbonyl (C=O) groups is 2. The number of nitrogens with one attached hydrogen (secondary N) is 1. The van der Waals surface area contributed by atoms with Crippen LogP contribution < -0.4 is 5.32 Å². The molecule has 1 saturated heterocycles. The number of nitrogens with zero attached hydrogens (tertiary/aromatic N) is 3. The average Bonchev–Trinajstić information content (AvgIpc) is 3.51. The smallest absolute Gasteiger partial charge is 0.410 e. The number of carbonyl (C=O) groups excluding carboxylic acids is 2. The fourth-order valence-electron chi connectivity index (χ4n) is 7.01. The lowest BCUT2D eigenvalue weighted by molar-refractivity contribution is -0.123. The summed E-state index contributed by atoms with van der Waals surface area (Å²) in [5, 5.41) is 3.41. The molecule has 7 heteroatoms. The summed E-state index contributed by atoms with van der Waals surface area (Å²) >= 11 is 0. The molecule has 7 nitrogen and oxygen atoms in total. The van der Waals surface area contributed by atoms with Gasteiger partial charge in [0.05, 0.1) is 11.0 Å². The molecule has 3 aliphatic rings. The number of ether oxygens (including phenoxy) is 1. The minimum atomic E-state index is -0.513. The lowest BCUT2D eigenvalue weighted by atomic mass is 9.69. The molecule has 4 atom stereocenters. The van der Waals surface area contributed by atoms with Crippen molar-refractivity contribution in [2.45, 2.75) is 97.8 Å². The summed E-state index contributed by atoms with van der Waals surface area (Å²) in [6.07, 6.45) is 4.56. The van der Waals surface area contributed by atoms with Gasteiger partial charge >= 0.3 is 6.09 Å². The molecule has 1 N–H and O–H groups in total.